The Hall–Kier alpha value is -4.36. The zero-order valence-electron chi connectivity index (χ0n) is 18.1. The lowest BCUT2D eigenvalue weighted by Gasteiger charge is -2.04. The number of rotatable bonds is 3. The monoisotopic (exact) mass is 465 g/mol. The molecule has 8 heteroatoms. The van der Waals surface area contributed by atoms with E-state index in [0.717, 1.165) is 16.8 Å². The summed E-state index contributed by atoms with van der Waals surface area (Å²) in [5.74, 6) is 0.662. The van der Waals surface area contributed by atoms with Crippen molar-refractivity contribution < 1.29 is 4.98 Å². The number of nitrogens with zero attached hydrogens (tertiary/aromatic N) is 5. The van der Waals surface area contributed by atoms with E-state index >= 15 is 0 Å². The summed E-state index contributed by atoms with van der Waals surface area (Å²) in [6.07, 6.45) is 1.69. The number of H-pyrrole nitrogens is 1. The van der Waals surface area contributed by atoms with E-state index in [1.54, 1.807) is 21.5 Å². The van der Waals surface area contributed by atoms with Gasteiger partial charge < -0.3 is 0 Å². The molecule has 3 heterocycles. The summed E-state index contributed by atoms with van der Waals surface area (Å²) < 4.78 is 3.28. The topological polar surface area (TPSA) is 79.2 Å². The maximum atomic E-state index is 13.8. The summed E-state index contributed by atoms with van der Waals surface area (Å²) in [6, 6.07) is 24.5. The van der Waals surface area contributed by atoms with Crippen LogP contribution in [0.3, 0.4) is 0 Å². The van der Waals surface area contributed by atoms with Crippen molar-refractivity contribution in [3.05, 3.63) is 106 Å². The SMILES string of the molecule is Cc1[nH+]c2c(c(=O)n1-c1ccccc1)c1nc3ccccc3nc1n2/N=C/c1cccc(Cl)c1. The van der Waals surface area contributed by atoms with E-state index in [4.69, 9.17) is 21.6 Å². The van der Waals surface area contributed by atoms with Crippen molar-refractivity contribution in [3.63, 3.8) is 0 Å². The summed E-state index contributed by atoms with van der Waals surface area (Å²) in [7, 11) is 0. The summed E-state index contributed by atoms with van der Waals surface area (Å²) in [5.41, 5.74) is 4.33. The van der Waals surface area contributed by atoms with Crippen LogP contribution in [-0.4, -0.2) is 25.4 Å². The van der Waals surface area contributed by atoms with E-state index in [1.807, 2.05) is 79.7 Å². The quantitative estimate of drug-likeness (QED) is 0.360. The smallest absolute Gasteiger partial charge is 0.249 e. The molecule has 0 unspecified atom stereocenters. The molecule has 0 radical (unpaired) electrons. The highest BCUT2D eigenvalue weighted by Crippen LogP contribution is 2.24. The van der Waals surface area contributed by atoms with E-state index in [-0.39, 0.29) is 5.56 Å². The first-order valence-electron chi connectivity index (χ1n) is 10.7. The van der Waals surface area contributed by atoms with Crippen LogP contribution in [0.15, 0.2) is 88.8 Å². The molecule has 3 aromatic heterocycles. The van der Waals surface area contributed by atoms with Crippen LogP contribution in [0.4, 0.5) is 0 Å². The van der Waals surface area contributed by atoms with Gasteiger partial charge in [-0.2, -0.15) is 4.57 Å². The van der Waals surface area contributed by atoms with Gasteiger partial charge in [0.05, 0.1) is 17.2 Å². The molecular weight excluding hydrogens is 448 g/mol. The first kappa shape index (κ1) is 20.3. The number of halogens is 1. The first-order valence-corrected chi connectivity index (χ1v) is 11.1. The maximum absolute atomic E-state index is 13.8. The fraction of sp³-hybridized carbons (Fsp3) is 0.0385. The van der Waals surface area contributed by atoms with Crippen LogP contribution in [0, 0.1) is 6.92 Å². The van der Waals surface area contributed by atoms with Gasteiger partial charge in [-0.15, -0.1) is 9.78 Å². The van der Waals surface area contributed by atoms with Crippen LogP contribution < -0.4 is 10.5 Å². The fourth-order valence-corrected chi connectivity index (χ4v) is 4.35. The molecule has 6 aromatic rings. The molecule has 0 atom stereocenters. The molecule has 0 saturated carbocycles. The van der Waals surface area contributed by atoms with Crippen LogP contribution in [0.25, 0.3) is 38.9 Å². The number of aromatic amines is 1. The lowest BCUT2D eigenvalue weighted by molar-refractivity contribution is -0.366. The Balaban J connectivity index is 1.71. The minimum atomic E-state index is -0.191. The van der Waals surface area contributed by atoms with Crippen molar-refractivity contribution in [3.8, 4) is 5.69 Å². The molecule has 0 bridgehead atoms. The Morgan fingerprint density at radius 2 is 1.68 bits per heavy atom. The minimum absolute atomic E-state index is 0.191. The highest BCUT2D eigenvalue weighted by Gasteiger charge is 2.26. The van der Waals surface area contributed by atoms with Crippen molar-refractivity contribution in [2.75, 3.05) is 0 Å². The van der Waals surface area contributed by atoms with Gasteiger partial charge in [0, 0.05) is 11.9 Å². The van der Waals surface area contributed by atoms with Crippen molar-refractivity contribution in [2.24, 2.45) is 5.10 Å². The maximum Gasteiger partial charge on any atom is 0.327 e. The number of fused-ring (bicyclic) bond motifs is 4. The third kappa shape index (κ3) is 3.25. The van der Waals surface area contributed by atoms with Gasteiger partial charge in [0.25, 0.3) is 5.65 Å². The molecule has 34 heavy (non-hydrogen) atoms. The third-order valence-corrected chi connectivity index (χ3v) is 5.91. The van der Waals surface area contributed by atoms with Gasteiger partial charge in [-0.25, -0.2) is 19.7 Å². The van der Waals surface area contributed by atoms with Crippen LogP contribution in [-0.2, 0) is 0 Å². The number of para-hydroxylation sites is 3. The van der Waals surface area contributed by atoms with Gasteiger partial charge in [0.2, 0.25) is 11.5 Å². The number of aromatic nitrogens is 5. The molecule has 164 valence electrons. The van der Waals surface area contributed by atoms with Gasteiger partial charge in [-0.3, -0.25) is 0 Å². The van der Waals surface area contributed by atoms with Gasteiger partial charge >= 0.3 is 5.56 Å². The fourth-order valence-electron chi connectivity index (χ4n) is 4.15. The average Bonchev–Trinajstić information content (AvgIpc) is 3.14. The second kappa shape index (κ2) is 7.90. The van der Waals surface area contributed by atoms with Gasteiger partial charge in [-0.05, 0) is 42.0 Å². The molecule has 1 N–H and O–H groups in total. The minimum Gasteiger partial charge on any atom is -0.249 e. The Kier molecular flexibility index (Phi) is 4.71. The van der Waals surface area contributed by atoms with Crippen LogP contribution in [0.2, 0.25) is 5.02 Å². The Morgan fingerprint density at radius 1 is 0.941 bits per heavy atom. The van der Waals surface area contributed by atoms with Crippen LogP contribution in [0.5, 0.6) is 0 Å². The molecule has 0 amide bonds. The molecule has 3 aromatic carbocycles. The van der Waals surface area contributed by atoms with Gasteiger partial charge in [0.15, 0.2) is 5.39 Å². The van der Waals surface area contributed by atoms with E-state index in [0.29, 0.717) is 38.6 Å². The van der Waals surface area contributed by atoms with E-state index in [1.165, 1.54) is 0 Å². The second-order valence-electron chi connectivity index (χ2n) is 7.91. The van der Waals surface area contributed by atoms with E-state index < -0.39 is 0 Å². The lowest BCUT2D eigenvalue weighted by Crippen LogP contribution is -2.30. The highest BCUT2D eigenvalue weighted by molar-refractivity contribution is 6.30. The second-order valence-corrected chi connectivity index (χ2v) is 8.34. The van der Waals surface area contributed by atoms with Gasteiger partial charge in [-0.1, -0.05) is 54.1 Å². The molecule has 0 fully saturated rings. The number of aryl methyl sites for hydroxylation is 1. The van der Waals surface area contributed by atoms with Crippen molar-refractivity contribution in [1.82, 2.24) is 19.2 Å². The number of benzene rings is 3. The van der Waals surface area contributed by atoms with Crippen LogP contribution in [0.1, 0.15) is 11.4 Å². The zero-order chi connectivity index (χ0) is 23.2. The van der Waals surface area contributed by atoms with Crippen LogP contribution >= 0.6 is 11.6 Å². The number of hydrogen-bond acceptors (Lipinski definition) is 4. The molecule has 0 aliphatic carbocycles. The number of hydrogen-bond donors (Lipinski definition) is 0. The number of nitrogens with one attached hydrogen (secondary N) is 1. The zero-order valence-corrected chi connectivity index (χ0v) is 18.9. The normalized spacial score (nSPS) is 11.8. The summed E-state index contributed by atoms with van der Waals surface area (Å²) in [4.78, 5) is 26.8. The average molecular weight is 466 g/mol. The third-order valence-electron chi connectivity index (χ3n) is 5.68. The molecule has 7 nitrogen and oxygen atoms in total. The predicted octanol–water partition coefficient (Wildman–Crippen LogP) is 4.55. The largest absolute Gasteiger partial charge is 0.327 e. The summed E-state index contributed by atoms with van der Waals surface area (Å²) >= 11 is 6.14. The van der Waals surface area contributed by atoms with Crippen molar-refractivity contribution in [2.45, 2.75) is 6.92 Å². The van der Waals surface area contributed by atoms with Crippen molar-refractivity contribution in [1.29, 1.82) is 0 Å². The van der Waals surface area contributed by atoms with Gasteiger partial charge in [0.1, 0.15) is 11.2 Å². The highest BCUT2D eigenvalue weighted by atomic mass is 35.5. The molecular formula is C26H18ClN6O+. The molecule has 0 saturated heterocycles. The summed E-state index contributed by atoms with van der Waals surface area (Å²) in [6.45, 7) is 1.86. The molecule has 0 aliphatic rings. The Labute approximate surface area is 198 Å². The molecule has 6 rings (SSSR count). The standard InChI is InChI=1S/C26H17ClN6O/c1-16-29-24-22(26(34)32(16)19-10-3-2-4-11-19)23-25(31-21-13-6-5-12-20(21)30-23)33(24)28-15-17-8-7-9-18(27)14-17/h2-15H,1H3/p+1/b28-15+. The summed E-state index contributed by atoms with van der Waals surface area (Å²) in [5, 5.41) is 5.71. The Morgan fingerprint density at radius 3 is 2.44 bits per heavy atom. The first-order chi connectivity index (χ1) is 16.6. The molecule has 0 aliphatic heterocycles. The van der Waals surface area contributed by atoms with Crippen molar-refractivity contribution >= 4 is 51.0 Å². The molecule has 0 spiro atoms. The Bertz CT molecular complexity index is 1800. The lowest BCUT2D eigenvalue weighted by atomic mass is 10.2. The predicted molar refractivity (Wildman–Crippen MR) is 134 cm³/mol. The van der Waals surface area contributed by atoms with E-state index in [9.17, 15) is 4.79 Å². The van der Waals surface area contributed by atoms with E-state index in [2.05, 4.69) is 10.1 Å².